The number of benzene rings is 2. The Morgan fingerprint density at radius 1 is 0.696 bits per heavy atom. The average Bonchev–Trinajstić information content (AvgIpc) is 3.68. The van der Waals surface area contributed by atoms with E-state index in [0.717, 1.165) is 91.8 Å². The Kier molecular flexibility index (Phi) is 8.44. The lowest BCUT2D eigenvalue weighted by Crippen LogP contribution is -2.36. The number of hydrogen-bond acceptors (Lipinski definition) is 8. The number of aromatic amines is 1. The number of rotatable bonds is 4. The minimum atomic E-state index is -0.116. The molecule has 0 spiro atoms. The summed E-state index contributed by atoms with van der Waals surface area (Å²) in [6.45, 7) is 10.7. The van der Waals surface area contributed by atoms with Crippen LogP contribution >= 0.6 is 11.6 Å². The zero-order valence-corrected chi connectivity index (χ0v) is 26.6. The molecule has 46 heavy (non-hydrogen) atoms. The van der Waals surface area contributed by atoms with Crippen molar-refractivity contribution >= 4 is 34.0 Å². The van der Waals surface area contributed by atoms with Gasteiger partial charge in [0.1, 0.15) is 11.0 Å². The fraction of sp³-hybridized carbons (Fsp3) is 0.294. The standard InChI is InChI=1S/C17H17ClN4O.C17H18N4O2/c1-12-10-19-22-11-15(20-17(18)16(12)22)13-2-4-14(5-3-13)21-6-8-23-9-7-21;1-12-10-18-21-11-15(19-17(22)16(12)21)13-2-4-14(5-3-13)20-6-8-23-9-7-20/h2-5,10-11H,6-9H2,1H3;2-5,10-11H,6-9H2,1H3,(H,19,22). The molecule has 236 valence electrons. The van der Waals surface area contributed by atoms with Crippen molar-refractivity contribution in [2.24, 2.45) is 0 Å². The number of halogens is 1. The van der Waals surface area contributed by atoms with Gasteiger partial charge in [0.05, 0.1) is 62.6 Å². The van der Waals surface area contributed by atoms with Crippen molar-refractivity contribution < 1.29 is 9.47 Å². The summed E-state index contributed by atoms with van der Waals surface area (Å²) in [5.41, 5.74) is 9.20. The Bertz CT molecular complexity index is 2020. The van der Waals surface area contributed by atoms with Crippen LogP contribution in [0, 0.1) is 13.8 Å². The van der Waals surface area contributed by atoms with E-state index in [1.807, 2.05) is 38.4 Å². The quantitative estimate of drug-likeness (QED) is 0.287. The van der Waals surface area contributed by atoms with Gasteiger partial charge in [0.15, 0.2) is 5.15 Å². The fourth-order valence-corrected chi connectivity index (χ4v) is 6.22. The van der Waals surface area contributed by atoms with E-state index in [2.05, 4.69) is 66.4 Å². The summed E-state index contributed by atoms with van der Waals surface area (Å²) < 4.78 is 14.2. The van der Waals surface area contributed by atoms with Crippen LogP contribution in [0.3, 0.4) is 0 Å². The number of aromatic nitrogens is 6. The average molecular weight is 639 g/mol. The monoisotopic (exact) mass is 638 g/mol. The zero-order chi connectivity index (χ0) is 31.6. The number of ether oxygens (including phenoxy) is 2. The van der Waals surface area contributed by atoms with Gasteiger partial charge in [0.25, 0.3) is 5.56 Å². The molecule has 2 aromatic carbocycles. The highest BCUT2D eigenvalue weighted by atomic mass is 35.5. The van der Waals surface area contributed by atoms with Gasteiger partial charge in [-0.2, -0.15) is 10.2 Å². The maximum absolute atomic E-state index is 12.2. The molecule has 0 saturated carbocycles. The first-order valence-electron chi connectivity index (χ1n) is 15.4. The highest BCUT2D eigenvalue weighted by Gasteiger charge is 2.14. The molecular weight excluding hydrogens is 604 g/mol. The Labute approximate surface area is 271 Å². The topological polar surface area (TPSA) is 105 Å². The number of anilines is 2. The van der Waals surface area contributed by atoms with Gasteiger partial charge in [-0.25, -0.2) is 14.0 Å². The predicted octanol–water partition coefficient (Wildman–Crippen LogP) is 5.03. The van der Waals surface area contributed by atoms with Crippen LogP contribution in [0.4, 0.5) is 11.4 Å². The molecular formula is C34H35ClN8O3. The molecule has 8 rings (SSSR count). The molecule has 2 aliphatic heterocycles. The van der Waals surface area contributed by atoms with Crippen LogP contribution in [-0.2, 0) is 9.47 Å². The lowest BCUT2D eigenvalue weighted by atomic mass is 10.1. The largest absolute Gasteiger partial charge is 0.378 e. The predicted molar refractivity (Wildman–Crippen MR) is 180 cm³/mol. The molecule has 0 aliphatic carbocycles. The Morgan fingerprint density at radius 3 is 1.76 bits per heavy atom. The third kappa shape index (κ3) is 6.09. The van der Waals surface area contributed by atoms with Crippen molar-refractivity contribution in [1.29, 1.82) is 0 Å². The van der Waals surface area contributed by atoms with E-state index >= 15 is 0 Å². The summed E-state index contributed by atoms with van der Waals surface area (Å²) >= 11 is 6.32. The first kappa shape index (κ1) is 30.0. The van der Waals surface area contributed by atoms with Crippen molar-refractivity contribution in [2.75, 3.05) is 62.4 Å². The van der Waals surface area contributed by atoms with E-state index in [4.69, 9.17) is 21.1 Å². The third-order valence-electron chi connectivity index (χ3n) is 8.42. The SMILES string of the molecule is Cc1cnn2cc(-c3ccc(N4CCOCC4)cc3)[nH]c(=O)c12.Cc1cnn2cc(-c3ccc(N4CCOCC4)cc3)nc(Cl)c12. The molecule has 0 bridgehead atoms. The summed E-state index contributed by atoms with van der Waals surface area (Å²) in [6, 6.07) is 16.6. The number of morpholine rings is 2. The third-order valence-corrected chi connectivity index (χ3v) is 8.69. The molecule has 11 nitrogen and oxygen atoms in total. The molecule has 12 heteroatoms. The van der Waals surface area contributed by atoms with Gasteiger partial charge < -0.3 is 24.3 Å². The number of aryl methyl sites for hydroxylation is 2. The smallest absolute Gasteiger partial charge is 0.274 e. The number of hydrogen-bond donors (Lipinski definition) is 1. The summed E-state index contributed by atoms with van der Waals surface area (Å²) in [4.78, 5) is 24.3. The molecule has 6 heterocycles. The molecule has 2 fully saturated rings. The lowest BCUT2D eigenvalue weighted by molar-refractivity contribution is 0.122. The van der Waals surface area contributed by atoms with Gasteiger partial charge in [-0.15, -0.1) is 0 Å². The summed E-state index contributed by atoms with van der Waals surface area (Å²) in [7, 11) is 0. The molecule has 1 N–H and O–H groups in total. The van der Waals surface area contributed by atoms with Crippen molar-refractivity contribution in [1.82, 2.24) is 29.2 Å². The van der Waals surface area contributed by atoms with Crippen molar-refractivity contribution in [2.45, 2.75) is 13.8 Å². The van der Waals surface area contributed by atoms with Gasteiger partial charge in [-0.1, -0.05) is 35.9 Å². The summed E-state index contributed by atoms with van der Waals surface area (Å²) in [5.74, 6) is 0. The van der Waals surface area contributed by atoms with Crippen molar-refractivity contribution in [3.8, 4) is 22.5 Å². The van der Waals surface area contributed by atoms with Crippen LogP contribution < -0.4 is 15.4 Å². The van der Waals surface area contributed by atoms with E-state index in [1.54, 1.807) is 21.4 Å². The number of H-pyrrole nitrogens is 1. The van der Waals surface area contributed by atoms with E-state index in [1.165, 1.54) is 11.4 Å². The van der Waals surface area contributed by atoms with Gasteiger partial charge in [0.2, 0.25) is 0 Å². The van der Waals surface area contributed by atoms with Gasteiger partial charge in [-0.3, -0.25) is 4.79 Å². The van der Waals surface area contributed by atoms with Crippen molar-refractivity contribution in [3.05, 3.63) is 100.0 Å². The van der Waals surface area contributed by atoms with Crippen LogP contribution in [0.15, 0.2) is 78.1 Å². The minimum absolute atomic E-state index is 0.116. The number of nitrogens with one attached hydrogen (secondary N) is 1. The Balaban J connectivity index is 0.000000147. The zero-order valence-electron chi connectivity index (χ0n) is 25.8. The van der Waals surface area contributed by atoms with Crippen LogP contribution in [0.2, 0.25) is 5.15 Å². The first-order valence-corrected chi connectivity index (χ1v) is 15.8. The molecule has 0 atom stereocenters. The Hall–Kier alpha value is -4.71. The number of nitrogens with zero attached hydrogens (tertiary/aromatic N) is 7. The minimum Gasteiger partial charge on any atom is -0.378 e. The second-order valence-electron chi connectivity index (χ2n) is 11.4. The van der Waals surface area contributed by atoms with E-state index in [9.17, 15) is 4.79 Å². The molecule has 0 radical (unpaired) electrons. The molecule has 2 saturated heterocycles. The van der Waals surface area contributed by atoms with E-state index in [0.29, 0.717) is 10.7 Å². The molecule has 6 aromatic rings. The molecule has 0 unspecified atom stereocenters. The number of fused-ring (bicyclic) bond motifs is 2. The first-order chi connectivity index (χ1) is 22.4. The maximum Gasteiger partial charge on any atom is 0.274 e. The van der Waals surface area contributed by atoms with Crippen molar-refractivity contribution in [3.63, 3.8) is 0 Å². The molecule has 2 aliphatic rings. The fourth-order valence-electron chi connectivity index (χ4n) is 5.90. The second-order valence-corrected chi connectivity index (χ2v) is 11.8. The second kappa shape index (κ2) is 13.0. The van der Waals surface area contributed by atoms with Gasteiger partial charge in [-0.05, 0) is 49.2 Å². The van der Waals surface area contributed by atoms with Gasteiger partial charge in [0, 0.05) is 48.7 Å². The summed E-state index contributed by atoms with van der Waals surface area (Å²) in [6.07, 6.45) is 7.27. The Morgan fingerprint density at radius 2 is 1.20 bits per heavy atom. The van der Waals surface area contributed by atoms with Crippen LogP contribution in [0.1, 0.15) is 11.1 Å². The van der Waals surface area contributed by atoms with Crippen LogP contribution in [0.25, 0.3) is 33.5 Å². The summed E-state index contributed by atoms with van der Waals surface area (Å²) in [5, 5.41) is 9.04. The lowest BCUT2D eigenvalue weighted by Gasteiger charge is -2.28. The van der Waals surface area contributed by atoms with Crippen LogP contribution in [-0.4, -0.2) is 81.8 Å². The van der Waals surface area contributed by atoms with Gasteiger partial charge >= 0.3 is 0 Å². The molecule has 0 amide bonds. The van der Waals surface area contributed by atoms with Crippen LogP contribution in [0.5, 0.6) is 0 Å². The maximum atomic E-state index is 12.2. The normalized spacial score (nSPS) is 15.3. The van der Waals surface area contributed by atoms with E-state index in [-0.39, 0.29) is 5.56 Å². The highest BCUT2D eigenvalue weighted by Crippen LogP contribution is 2.27. The van der Waals surface area contributed by atoms with E-state index < -0.39 is 0 Å². The highest BCUT2D eigenvalue weighted by molar-refractivity contribution is 6.32. The molecule has 4 aromatic heterocycles.